The van der Waals surface area contributed by atoms with Gasteiger partial charge in [-0.25, -0.2) is 4.98 Å². The standard InChI is InChI=1S/C16H25N3/c1-4-19-15-11-6-5-10-14(15)18-16(19)12(2)8-7-9-13(3)17/h5-6,10-13H,4,7-9,17H2,1-3H3. The molecule has 0 saturated carbocycles. The molecular formula is C16H25N3. The number of nitrogens with zero attached hydrogens (tertiary/aromatic N) is 2. The third kappa shape index (κ3) is 3.16. The third-order valence-electron chi connectivity index (χ3n) is 3.74. The normalized spacial score (nSPS) is 14.7. The van der Waals surface area contributed by atoms with E-state index in [1.807, 2.05) is 0 Å². The summed E-state index contributed by atoms with van der Waals surface area (Å²) in [7, 11) is 0. The molecule has 2 aromatic rings. The Bertz CT molecular complexity index is 528. The molecule has 3 heteroatoms. The van der Waals surface area contributed by atoms with E-state index in [9.17, 15) is 0 Å². The van der Waals surface area contributed by atoms with Crippen molar-refractivity contribution in [2.75, 3.05) is 0 Å². The summed E-state index contributed by atoms with van der Waals surface area (Å²) in [5.74, 6) is 1.71. The van der Waals surface area contributed by atoms with Crippen LogP contribution in [0.5, 0.6) is 0 Å². The Balaban J connectivity index is 2.19. The second-order valence-electron chi connectivity index (χ2n) is 5.51. The van der Waals surface area contributed by atoms with E-state index in [1.54, 1.807) is 0 Å². The van der Waals surface area contributed by atoms with E-state index in [-0.39, 0.29) is 0 Å². The number of benzene rings is 1. The molecule has 0 aliphatic heterocycles. The van der Waals surface area contributed by atoms with Gasteiger partial charge < -0.3 is 10.3 Å². The van der Waals surface area contributed by atoms with Gasteiger partial charge in [0.1, 0.15) is 5.82 Å². The van der Waals surface area contributed by atoms with Crippen LogP contribution in [0.1, 0.15) is 51.8 Å². The number of para-hydroxylation sites is 2. The molecular weight excluding hydrogens is 234 g/mol. The molecule has 104 valence electrons. The minimum Gasteiger partial charge on any atom is -0.328 e. The molecule has 0 fully saturated rings. The highest BCUT2D eigenvalue weighted by Crippen LogP contribution is 2.25. The fourth-order valence-corrected chi connectivity index (χ4v) is 2.68. The number of imidazole rings is 1. The van der Waals surface area contributed by atoms with Crippen LogP contribution < -0.4 is 5.73 Å². The highest BCUT2D eigenvalue weighted by molar-refractivity contribution is 5.76. The van der Waals surface area contributed by atoms with Gasteiger partial charge in [0.2, 0.25) is 0 Å². The molecule has 19 heavy (non-hydrogen) atoms. The van der Waals surface area contributed by atoms with Crippen molar-refractivity contribution in [2.45, 2.75) is 58.5 Å². The summed E-state index contributed by atoms with van der Waals surface area (Å²) in [6, 6.07) is 8.70. The van der Waals surface area contributed by atoms with Gasteiger partial charge in [-0.2, -0.15) is 0 Å². The Morgan fingerprint density at radius 1 is 1.21 bits per heavy atom. The quantitative estimate of drug-likeness (QED) is 0.860. The van der Waals surface area contributed by atoms with Gasteiger partial charge in [0.05, 0.1) is 11.0 Å². The summed E-state index contributed by atoms with van der Waals surface area (Å²) in [5, 5.41) is 0. The van der Waals surface area contributed by atoms with Crippen molar-refractivity contribution >= 4 is 11.0 Å². The van der Waals surface area contributed by atoms with Crippen molar-refractivity contribution in [3.8, 4) is 0 Å². The van der Waals surface area contributed by atoms with Gasteiger partial charge in [-0.3, -0.25) is 0 Å². The fourth-order valence-electron chi connectivity index (χ4n) is 2.68. The molecule has 0 aliphatic rings. The molecule has 2 N–H and O–H groups in total. The van der Waals surface area contributed by atoms with Crippen molar-refractivity contribution in [1.29, 1.82) is 0 Å². The Hall–Kier alpha value is -1.35. The fraction of sp³-hybridized carbons (Fsp3) is 0.562. The van der Waals surface area contributed by atoms with Crippen LogP contribution in [0.2, 0.25) is 0 Å². The molecule has 0 amide bonds. The lowest BCUT2D eigenvalue weighted by molar-refractivity contribution is 0.528. The first kappa shape index (κ1) is 14.1. The maximum atomic E-state index is 5.81. The lowest BCUT2D eigenvalue weighted by atomic mass is 10.0. The van der Waals surface area contributed by atoms with Crippen LogP contribution in [0.25, 0.3) is 11.0 Å². The summed E-state index contributed by atoms with van der Waals surface area (Å²) in [6.45, 7) is 7.51. The van der Waals surface area contributed by atoms with Crippen LogP contribution in [0.4, 0.5) is 0 Å². The van der Waals surface area contributed by atoms with E-state index in [4.69, 9.17) is 10.7 Å². The second-order valence-corrected chi connectivity index (χ2v) is 5.51. The number of rotatable bonds is 6. The van der Waals surface area contributed by atoms with Crippen molar-refractivity contribution in [2.24, 2.45) is 5.73 Å². The molecule has 2 rings (SSSR count). The number of nitrogens with two attached hydrogens (primary N) is 1. The maximum Gasteiger partial charge on any atom is 0.112 e. The molecule has 0 aliphatic carbocycles. The summed E-state index contributed by atoms with van der Waals surface area (Å²) in [4.78, 5) is 4.81. The van der Waals surface area contributed by atoms with E-state index in [1.165, 1.54) is 17.8 Å². The number of aromatic nitrogens is 2. The monoisotopic (exact) mass is 259 g/mol. The Morgan fingerprint density at radius 3 is 2.63 bits per heavy atom. The molecule has 2 atom stereocenters. The SMILES string of the molecule is CCn1c(C(C)CCCC(C)N)nc2ccccc21. The van der Waals surface area contributed by atoms with Gasteiger partial charge in [0.25, 0.3) is 0 Å². The zero-order valence-electron chi connectivity index (χ0n) is 12.3. The molecule has 1 aromatic heterocycles. The first-order valence-corrected chi connectivity index (χ1v) is 7.34. The summed E-state index contributed by atoms with van der Waals surface area (Å²) in [5.41, 5.74) is 8.17. The smallest absolute Gasteiger partial charge is 0.112 e. The number of hydrogen-bond donors (Lipinski definition) is 1. The average Bonchev–Trinajstić information content (AvgIpc) is 2.76. The molecule has 0 spiro atoms. The molecule has 1 aromatic carbocycles. The summed E-state index contributed by atoms with van der Waals surface area (Å²) < 4.78 is 2.34. The molecule has 2 unspecified atom stereocenters. The Morgan fingerprint density at radius 2 is 1.95 bits per heavy atom. The zero-order chi connectivity index (χ0) is 13.8. The van der Waals surface area contributed by atoms with Crippen molar-refractivity contribution in [3.05, 3.63) is 30.1 Å². The Labute approximate surface area is 115 Å². The van der Waals surface area contributed by atoms with E-state index < -0.39 is 0 Å². The van der Waals surface area contributed by atoms with Crippen LogP contribution in [0.15, 0.2) is 24.3 Å². The first-order valence-electron chi connectivity index (χ1n) is 7.34. The van der Waals surface area contributed by atoms with Gasteiger partial charge >= 0.3 is 0 Å². The molecule has 3 nitrogen and oxygen atoms in total. The molecule has 0 bridgehead atoms. The predicted molar refractivity (Wildman–Crippen MR) is 81.3 cm³/mol. The number of fused-ring (bicyclic) bond motifs is 1. The van der Waals surface area contributed by atoms with E-state index in [2.05, 4.69) is 49.6 Å². The molecule has 0 saturated heterocycles. The van der Waals surface area contributed by atoms with Gasteiger partial charge in [0, 0.05) is 18.5 Å². The van der Waals surface area contributed by atoms with E-state index in [0.29, 0.717) is 12.0 Å². The number of hydrogen-bond acceptors (Lipinski definition) is 2. The lowest BCUT2D eigenvalue weighted by Crippen LogP contribution is -2.14. The molecule has 0 radical (unpaired) electrons. The van der Waals surface area contributed by atoms with Crippen LogP contribution in [0.3, 0.4) is 0 Å². The summed E-state index contributed by atoms with van der Waals surface area (Å²) >= 11 is 0. The summed E-state index contributed by atoms with van der Waals surface area (Å²) in [6.07, 6.45) is 3.42. The predicted octanol–water partition coefficient (Wildman–Crippen LogP) is 3.68. The van der Waals surface area contributed by atoms with Crippen LogP contribution in [-0.4, -0.2) is 15.6 Å². The first-order chi connectivity index (χ1) is 9.13. The van der Waals surface area contributed by atoms with Gasteiger partial charge in [0.15, 0.2) is 0 Å². The maximum absolute atomic E-state index is 5.81. The van der Waals surface area contributed by atoms with Crippen LogP contribution in [0, 0.1) is 0 Å². The Kier molecular flexibility index (Phi) is 4.59. The number of aryl methyl sites for hydroxylation is 1. The van der Waals surface area contributed by atoms with E-state index >= 15 is 0 Å². The minimum absolute atomic E-state index is 0.303. The largest absolute Gasteiger partial charge is 0.328 e. The third-order valence-corrected chi connectivity index (χ3v) is 3.74. The minimum atomic E-state index is 0.303. The lowest BCUT2D eigenvalue weighted by Gasteiger charge is -2.14. The topological polar surface area (TPSA) is 43.8 Å². The van der Waals surface area contributed by atoms with Gasteiger partial charge in [-0.05, 0) is 38.8 Å². The second kappa shape index (κ2) is 6.20. The van der Waals surface area contributed by atoms with Gasteiger partial charge in [-0.15, -0.1) is 0 Å². The zero-order valence-corrected chi connectivity index (χ0v) is 12.3. The van der Waals surface area contributed by atoms with Crippen molar-refractivity contribution in [1.82, 2.24) is 9.55 Å². The molecule has 1 heterocycles. The van der Waals surface area contributed by atoms with Gasteiger partial charge in [-0.1, -0.05) is 25.5 Å². The van der Waals surface area contributed by atoms with Crippen molar-refractivity contribution < 1.29 is 0 Å². The van der Waals surface area contributed by atoms with Crippen LogP contribution in [-0.2, 0) is 6.54 Å². The highest BCUT2D eigenvalue weighted by atomic mass is 15.1. The van der Waals surface area contributed by atoms with Crippen molar-refractivity contribution in [3.63, 3.8) is 0 Å². The van der Waals surface area contributed by atoms with Crippen LogP contribution >= 0.6 is 0 Å². The highest BCUT2D eigenvalue weighted by Gasteiger charge is 2.15. The van der Waals surface area contributed by atoms with E-state index in [0.717, 1.165) is 24.9 Å². The average molecular weight is 259 g/mol.